The predicted octanol–water partition coefficient (Wildman–Crippen LogP) is 3.37. The predicted molar refractivity (Wildman–Crippen MR) is 122 cm³/mol. The molecule has 3 rings (SSSR count). The van der Waals surface area contributed by atoms with Crippen LogP contribution in [0.1, 0.15) is 30.9 Å². The van der Waals surface area contributed by atoms with E-state index in [0.29, 0.717) is 25.6 Å². The number of rotatable bonds is 9. The Hall–Kier alpha value is -2.59. The summed E-state index contributed by atoms with van der Waals surface area (Å²) in [6, 6.07) is 6.34. The summed E-state index contributed by atoms with van der Waals surface area (Å²) >= 11 is 0. The smallest absolute Gasteiger partial charge is 0.404 e. The number of hydrogen-bond acceptors (Lipinski definition) is 6. The van der Waals surface area contributed by atoms with Crippen molar-refractivity contribution in [1.82, 2.24) is 14.3 Å². The lowest BCUT2D eigenvalue weighted by molar-refractivity contribution is 0.0753. The van der Waals surface area contributed by atoms with E-state index < -0.39 is 14.2 Å². The number of ether oxygens (including phenoxy) is 2. The number of anilines is 2. The Labute approximate surface area is 183 Å². The fourth-order valence-corrected chi connectivity index (χ4v) is 4.51. The number of pyridine rings is 1. The Morgan fingerprint density at radius 3 is 2.77 bits per heavy atom. The zero-order chi connectivity index (χ0) is 22.6. The Morgan fingerprint density at radius 1 is 1.32 bits per heavy atom. The molecular weight excluding hydrogens is 414 g/mol. The van der Waals surface area contributed by atoms with Crippen LogP contribution in [0.15, 0.2) is 29.2 Å². The summed E-state index contributed by atoms with van der Waals surface area (Å²) in [6.07, 6.45) is 3.21. The SMILES string of the molecule is Cn1cc(Nc2cc([C@H]3CCC(OC(N)=O)C3)n(COCC[Si](C)(C)C)n2)ccc1=O. The quantitative estimate of drug-likeness (QED) is 0.450. The summed E-state index contributed by atoms with van der Waals surface area (Å²) in [4.78, 5) is 22.7. The molecule has 0 bridgehead atoms. The highest BCUT2D eigenvalue weighted by Gasteiger charge is 2.31. The van der Waals surface area contributed by atoms with E-state index in [4.69, 9.17) is 20.3 Å². The summed E-state index contributed by atoms with van der Waals surface area (Å²) in [6.45, 7) is 8.04. The van der Waals surface area contributed by atoms with Gasteiger partial charge in [0.05, 0.1) is 5.69 Å². The maximum atomic E-state index is 11.6. The van der Waals surface area contributed by atoms with Gasteiger partial charge in [0.25, 0.3) is 0 Å². The van der Waals surface area contributed by atoms with Gasteiger partial charge < -0.3 is 25.1 Å². The van der Waals surface area contributed by atoms with Crippen LogP contribution in [-0.4, -0.2) is 41.2 Å². The molecule has 2 aromatic rings. The molecule has 1 saturated carbocycles. The number of nitrogens with two attached hydrogens (primary N) is 1. The fraction of sp³-hybridized carbons (Fsp3) is 0.571. The van der Waals surface area contributed by atoms with Crippen molar-refractivity contribution in [3.63, 3.8) is 0 Å². The van der Waals surface area contributed by atoms with Gasteiger partial charge in [0.1, 0.15) is 12.8 Å². The summed E-state index contributed by atoms with van der Waals surface area (Å²) < 4.78 is 14.5. The minimum Gasteiger partial charge on any atom is -0.446 e. The third kappa shape index (κ3) is 6.69. The first-order chi connectivity index (χ1) is 14.6. The van der Waals surface area contributed by atoms with Crippen molar-refractivity contribution in [3.05, 3.63) is 40.4 Å². The van der Waals surface area contributed by atoms with Crippen molar-refractivity contribution in [1.29, 1.82) is 0 Å². The van der Waals surface area contributed by atoms with Gasteiger partial charge in [-0.15, -0.1) is 0 Å². The van der Waals surface area contributed by atoms with Crippen LogP contribution >= 0.6 is 0 Å². The van der Waals surface area contributed by atoms with Crippen LogP contribution in [0.2, 0.25) is 25.7 Å². The minimum absolute atomic E-state index is 0.0704. The third-order valence-corrected chi connectivity index (χ3v) is 7.17. The molecule has 0 radical (unpaired) electrons. The van der Waals surface area contributed by atoms with E-state index in [1.165, 1.54) is 10.6 Å². The molecule has 2 heterocycles. The van der Waals surface area contributed by atoms with E-state index in [1.807, 2.05) is 10.7 Å². The third-order valence-electron chi connectivity index (χ3n) is 5.46. The van der Waals surface area contributed by atoms with Crippen LogP contribution in [0.25, 0.3) is 0 Å². The molecule has 170 valence electrons. The van der Waals surface area contributed by atoms with Crippen LogP contribution in [0, 0.1) is 0 Å². The first-order valence-electron chi connectivity index (χ1n) is 10.7. The number of primary amides is 1. The average Bonchev–Trinajstić information content (AvgIpc) is 3.27. The van der Waals surface area contributed by atoms with E-state index in [9.17, 15) is 9.59 Å². The van der Waals surface area contributed by atoms with Crippen LogP contribution in [-0.2, 0) is 23.3 Å². The molecule has 1 amide bonds. The van der Waals surface area contributed by atoms with Gasteiger partial charge in [-0.1, -0.05) is 19.6 Å². The molecule has 3 N–H and O–H groups in total. The Balaban J connectivity index is 1.75. The molecular formula is C21H33N5O4Si. The molecule has 0 saturated heterocycles. The molecule has 2 atom stereocenters. The zero-order valence-electron chi connectivity index (χ0n) is 18.8. The second-order valence-corrected chi connectivity index (χ2v) is 15.0. The molecule has 9 nitrogen and oxygen atoms in total. The molecule has 10 heteroatoms. The van der Waals surface area contributed by atoms with E-state index >= 15 is 0 Å². The maximum Gasteiger partial charge on any atom is 0.404 e. The lowest BCUT2D eigenvalue weighted by atomic mass is 10.0. The fourth-order valence-electron chi connectivity index (χ4n) is 3.75. The van der Waals surface area contributed by atoms with E-state index in [2.05, 4.69) is 25.0 Å². The average molecular weight is 448 g/mol. The van der Waals surface area contributed by atoms with Crippen molar-refractivity contribution in [2.75, 3.05) is 11.9 Å². The molecule has 1 fully saturated rings. The monoisotopic (exact) mass is 447 g/mol. The van der Waals surface area contributed by atoms with Gasteiger partial charge in [-0.25, -0.2) is 9.48 Å². The highest BCUT2D eigenvalue weighted by Crippen LogP contribution is 2.37. The molecule has 2 aromatic heterocycles. The highest BCUT2D eigenvalue weighted by molar-refractivity contribution is 6.76. The maximum absolute atomic E-state index is 11.6. The molecule has 31 heavy (non-hydrogen) atoms. The Morgan fingerprint density at radius 2 is 2.10 bits per heavy atom. The van der Waals surface area contributed by atoms with Crippen molar-refractivity contribution >= 4 is 25.7 Å². The Kier molecular flexibility index (Phi) is 7.21. The number of nitrogens with zero attached hydrogens (tertiary/aromatic N) is 3. The number of aryl methyl sites for hydroxylation is 1. The van der Waals surface area contributed by atoms with E-state index in [-0.39, 0.29) is 17.6 Å². The molecule has 0 aromatic carbocycles. The minimum atomic E-state index is -1.17. The van der Waals surface area contributed by atoms with E-state index in [0.717, 1.165) is 30.3 Å². The topological polar surface area (TPSA) is 113 Å². The van der Waals surface area contributed by atoms with Crippen molar-refractivity contribution in [2.24, 2.45) is 12.8 Å². The largest absolute Gasteiger partial charge is 0.446 e. The van der Waals surface area contributed by atoms with Gasteiger partial charge in [0, 0.05) is 51.7 Å². The van der Waals surface area contributed by atoms with Gasteiger partial charge in [-0.3, -0.25) is 4.79 Å². The summed E-state index contributed by atoms with van der Waals surface area (Å²) in [5.41, 5.74) is 6.93. The van der Waals surface area contributed by atoms with Crippen LogP contribution in [0.4, 0.5) is 16.3 Å². The molecule has 1 aliphatic carbocycles. The van der Waals surface area contributed by atoms with Gasteiger partial charge >= 0.3 is 6.09 Å². The second-order valence-electron chi connectivity index (χ2n) is 9.36. The lowest BCUT2D eigenvalue weighted by Crippen LogP contribution is -2.22. The van der Waals surface area contributed by atoms with Crippen molar-refractivity contribution in [3.8, 4) is 0 Å². The standard InChI is InChI=1S/C21H33N5O4Si/c1-25-13-16(6-8-20(25)27)23-19-12-18(15-5-7-17(11-15)30-21(22)28)26(24-19)14-29-9-10-31(2,3)4/h6,8,12-13,15,17H,5,7,9-11,14H2,1-4H3,(H2,22,28)(H,23,24)/t15-,17?/m0/s1. The summed E-state index contributed by atoms with van der Waals surface area (Å²) in [5, 5.41) is 7.96. The Bertz CT molecular complexity index is 965. The number of carbonyl (C=O) groups excluding carboxylic acids is 1. The van der Waals surface area contributed by atoms with Gasteiger partial charge in [-0.2, -0.15) is 5.10 Å². The van der Waals surface area contributed by atoms with Crippen molar-refractivity contribution in [2.45, 2.75) is 63.7 Å². The number of nitrogens with one attached hydrogen (secondary N) is 1. The first kappa shape index (κ1) is 23.1. The van der Waals surface area contributed by atoms with Gasteiger partial charge in [0.2, 0.25) is 5.56 Å². The van der Waals surface area contributed by atoms with Crippen LogP contribution in [0.3, 0.4) is 0 Å². The molecule has 1 unspecified atom stereocenters. The number of carbonyl (C=O) groups is 1. The highest BCUT2D eigenvalue weighted by atomic mass is 28.3. The van der Waals surface area contributed by atoms with Crippen LogP contribution in [0.5, 0.6) is 0 Å². The summed E-state index contributed by atoms with van der Waals surface area (Å²) in [5.74, 6) is 0.884. The first-order valence-corrected chi connectivity index (χ1v) is 14.4. The normalized spacial score (nSPS) is 18.8. The molecule has 0 aliphatic heterocycles. The van der Waals surface area contributed by atoms with Gasteiger partial charge in [-0.05, 0) is 31.4 Å². The molecule has 0 spiro atoms. The molecule has 1 aliphatic rings. The van der Waals surface area contributed by atoms with Crippen molar-refractivity contribution < 1.29 is 14.3 Å². The number of aromatic nitrogens is 3. The lowest BCUT2D eigenvalue weighted by Gasteiger charge is -2.17. The number of hydrogen-bond donors (Lipinski definition) is 2. The zero-order valence-corrected chi connectivity index (χ0v) is 19.8. The summed E-state index contributed by atoms with van der Waals surface area (Å²) in [7, 11) is 0.539. The second kappa shape index (κ2) is 9.69. The number of amides is 1. The van der Waals surface area contributed by atoms with Crippen LogP contribution < -0.4 is 16.6 Å². The van der Waals surface area contributed by atoms with Gasteiger partial charge in [0.15, 0.2) is 5.82 Å². The van der Waals surface area contributed by atoms with E-state index in [1.54, 1.807) is 19.3 Å².